The number of methoxy groups -OCH3 is 1. The molecule has 39 heavy (non-hydrogen) atoms. The summed E-state index contributed by atoms with van der Waals surface area (Å²) in [7, 11) is 1.62. The standard InChI is InChI=1S/C30H30N4O3S2/c1-4-15-33-27(32-19-22-10-12-23(37-3)13-11-22)24(20(2)25(18-31)28(33)35)17-26-29(36)34(30(38)39-26)16-14-21-8-6-5-7-9-21/h5-13,17,32H,4,14-16,19H2,1-3H3/b26-17+. The van der Waals surface area contributed by atoms with Gasteiger partial charge in [0.2, 0.25) is 0 Å². The lowest BCUT2D eigenvalue weighted by Gasteiger charge is -2.20. The van der Waals surface area contributed by atoms with Crippen molar-refractivity contribution in [2.24, 2.45) is 0 Å². The summed E-state index contributed by atoms with van der Waals surface area (Å²) < 4.78 is 7.34. The van der Waals surface area contributed by atoms with Crippen molar-refractivity contribution in [3.63, 3.8) is 0 Å². The lowest BCUT2D eigenvalue weighted by atomic mass is 10.0. The van der Waals surface area contributed by atoms with Gasteiger partial charge in [0.15, 0.2) is 0 Å². The molecule has 3 aromatic rings. The fourth-order valence-electron chi connectivity index (χ4n) is 4.43. The highest BCUT2D eigenvalue weighted by Crippen LogP contribution is 2.35. The zero-order valence-corrected chi connectivity index (χ0v) is 23.8. The number of amides is 1. The van der Waals surface area contributed by atoms with Crippen LogP contribution in [0.3, 0.4) is 0 Å². The lowest BCUT2D eigenvalue weighted by molar-refractivity contribution is -0.122. The molecule has 1 saturated heterocycles. The molecule has 1 fully saturated rings. The number of nitrogens with one attached hydrogen (secondary N) is 1. The van der Waals surface area contributed by atoms with E-state index in [4.69, 9.17) is 17.0 Å². The van der Waals surface area contributed by atoms with Crippen molar-refractivity contribution in [3.8, 4) is 11.8 Å². The highest BCUT2D eigenvalue weighted by atomic mass is 32.2. The van der Waals surface area contributed by atoms with Crippen molar-refractivity contribution >= 4 is 46.1 Å². The van der Waals surface area contributed by atoms with E-state index in [-0.39, 0.29) is 17.0 Å². The molecule has 1 amide bonds. The maximum Gasteiger partial charge on any atom is 0.270 e. The van der Waals surface area contributed by atoms with Gasteiger partial charge >= 0.3 is 0 Å². The van der Waals surface area contributed by atoms with Crippen molar-refractivity contribution in [2.45, 2.75) is 39.8 Å². The SMILES string of the molecule is CCCn1c(NCc2ccc(OC)cc2)c(/C=C2/SC(=S)N(CCc3ccccc3)C2=O)c(C)c(C#N)c1=O. The van der Waals surface area contributed by atoms with Gasteiger partial charge in [0.25, 0.3) is 11.5 Å². The third-order valence-electron chi connectivity index (χ3n) is 6.56. The van der Waals surface area contributed by atoms with E-state index in [9.17, 15) is 14.9 Å². The second-order valence-electron chi connectivity index (χ2n) is 9.10. The van der Waals surface area contributed by atoms with Crippen LogP contribution in [0.4, 0.5) is 5.82 Å². The first-order valence-corrected chi connectivity index (χ1v) is 13.9. The van der Waals surface area contributed by atoms with Gasteiger partial charge in [0.05, 0.1) is 12.0 Å². The minimum atomic E-state index is -0.346. The Hall–Kier alpha value is -3.87. The average molecular weight is 559 g/mol. The number of carbonyl (C=O) groups excluding carboxylic acids is 1. The number of hydrogen-bond donors (Lipinski definition) is 1. The molecule has 2 heterocycles. The number of ether oxygens (including phenoxy) is 1. The van der Waals surface area contributed by atoms with Gasteiger partial charge in [-0.05, 0) is 54.7 Å². The molecular weight excluding hydrogens is 528 g/mol. The molecule has 0 aliphatic carbocycles. The van der Waals surface area contributed by atoms with Crippen LogP contribution in [0.25, 0.3) is 6.08 Å². The maximum absolute atomic E-state index is 13.4. The van der Waals surface area contributed by atoms with E-state index in [1.54, 1.807) is 29.6 Å². The number of nitriles is 1. The summed E-state index contributed by atoms with van der Waals surface area (Å²) in [6.07, 6.45) is 3.15. The van der Waals surface area contributed by atoms with E-state index in [0.29, 0.717) is 58.6 Å². The molecule has 0 radical (unpaired) electrons. The van der Waals surface area contributed by atoms with Crippen molar-refractivity contribution < 1.29 is 9.53 Å². The van der Waals surface area contributed by atoms with E-state index in [1.165, 1.54) is 11.8 Å². The predicted octanol–water partition coefficient (Wildman–Crippen LogP) is 5.50. The Kier molecular flexibility index (Phi) is 9.23. The third kappa shape index (κ3) is 6.24. The average Bonchev–Trinajstić information content (AvgIpc) is 3.22. The van der Waals surface area contributed by atoms with Crippen LogP contribution >= 0.6 is 24.0 Å². The summed E-state index contributed by atoms with van der Waals surface area (Å²) >= 11 is 6.80. The molecule has 1 aliphatic heterocycles. The smallest absolute Gasteiger partial charge is 0.270 e. The van der Waals surface area contributed by atoms with Crippen LogP contribution in [-0.2, 0) is 24.3 Å². The van der Waals surface area contributed by atoms with Crippen LogP contribution in [0.2, 0.25) is 0 Å². The number of carbonyl (C=O) groups is 1. The minimum Gasteiger partial charge on any atom is -0.497 e. The molecule has 1 aliphatic rings. The molecule has 1 N–H and O–H groups in total. The molecule has 0 atom stereocenters. The van der Waals surface area contributed by atoms with Gasteiger partial charge in [-0.2, -0.15) is 5.26 Å². The van der Waals surface area contributed by atoms with Crippen LogP contribution < -0.4 is 15.6 Å². The Labute approximate surface area is 238 Å². The number of benzene rings is 2. The molecule has 0 unspecified atom stereocenters. The summed E-state index contributed by atoms with van der Waals surface area (Å²) in [6, 6.07) is 19.7. The predicted molar refractivity (Wildman–Crippen MR) is 161 cm³/mol. The lowest BCUT2D eigenvalue weighted by Crippen LogP contribution is -2.30. The second kappa shape index (κ2) is 12.8. The number of aromatic nitrogens is 1. The van der Waals surface area contributed by atoms with Crippen LogP contribution in [0.5, 0.6) is 5.75 Å². The summed E-state index contributed by atoms with van der Waals surface area (Å²) in [6.45, 7) is 5.07. The Balaban J connectivity index is 1.71. The highest BCUT2D eigenvalue weighted by Gasteiger charge is 2.32. The fraction of sp³-hybridized carbons (Fsp3) is 0.267. The van der Waals surface area contributed by atoms with Gasteiger partial charge in [-0.25, -0.2) is 0 Å². The summed E-state index contributed by atoms with van der Waals surface area (Å²) in [5.41, 5.74) is 3.01. The molecule has 4 rings (SSSR count). The Morgan fingerprint density at radius 3 is 2.44 bits per heavy atom. The molecule has 1 aromatic heterocycles. The third-order valence-corrected chi connectivity index (χ3v) is 7.93. The van der Waals surface area contributed by atoms with Gasteiger partial charge in [0, 0.05) is 25.2 Å². The zero-order valence-electron chi connectivity index (χ0n) is 22.2. The first-order valence-electron chi connectivity index (χ1n) is 12.7. The molecule has 7 nitrogen and oxygen atoms in total. The summed E-state index contributed by atoms with van der Waals surface area (Å²) in [5.74, 6) is 1.16. The number of nitrogens with zero attached hydrogens (tertiary/aromatic N) is 3. The molecule has 0 spiro atoms. The first-order chi connectivity index (χ1) is 18.9. The fourth-order valence-corrected chi connectivity index (χ4v) is 5.72. The van der Waals surface area contributed by atoms with Gasteiger partial charge in [0.1, 0.15) is 27.5 Å². The topological polar surface area (TPSA) is 87.4 Å². The van der Waals surface area contributed by atoms with Gasteiger partial charge in [-0.15, -0.1) is 0 Å². The molecular formula is C30H30N4O3S2. The number of rotatable bonds is 10. The Morgan fingerprint density at radius 2 is 1.79 bits per heavy atom. The second-order valence-corrected chi connectivity index (χ2v) is 10.8. The zero-order chi connectivity index (χ0) is 27.9. The molecule has 200 valence electrons. The number of thioether (sulfide) groups is 1. The quantitative estimate of drug-likeness (QED) is 0.260. The van der Waals surface area contributed by atoms with Crippen molar-refractivity contribution in [2.75, 3.05) is 19.0 Å². The van der Waals surface area contributed by atoms with Gasteiger partial charge < -0.3 is 10.1 Å². The molecule has 0 saturated carbocycles. The van der Waals surface area contributed by atoms with Crippen LogP contribution in [-0.4, -0.2) is 33.3 Å². The number of hydrogen-bond acceptors (Lipinski definition) is 7. The van der Waals surface area contributed by atoms with Gasteiger partial charge in [-0.3, -0.25) is 19.1 Å². The first kappa shape index (κ1) is 28.1. The monoisotopic (exact) mass is 558 g/mol. The number of thiocarbonyl (C=S) groups is 1. The van der Waals surface area contributed by atoms with Crippen LogP contribution in [0, 0.1) is 18.3 Å². The molecule has 0 bridgehead atoms. The van der Waals surface area contributed by atoms with E-state index in [0.717, 1.165) is 16.9 Å². The summed E-state index contributed by atoms with van der Waals surface area (Å²) in [5, 5.41) is 13.2. The largest absolute Gasteiger partial charge is 0.497 e. The van der Waals surface area contributed by atoms with Crippen LogP contribution in [0.15, 0.2) is 64.3 Å². The van der Waals surface area contributed by atoms with Crippen molar-refractivity contribution in [1.82, 2.24) is 9.47 Å². The highest BCUT2D eigenvalue weighted by molar-refractivity contribution is 8.26. The van der Waals surface area contributed by atoms with Gasteiger partial charge in [-0.1, -0.05) is 73.4 Å². The molecule has 9 heteroatoms. The van der Waals surface area contributed by atoms with Crippen LogP contribution in [0.1, 0.15) is 41.2 Å². The van der Waals surface area contributed by atoms with E-state index in [1.807, 2.05) is 61.5 Å². The maximum atomic E-state index is 13.4. The molecule has 2 aromatic carbocycles. The van der Waals surface area contributed by atoms with E-state index < -0.39 is 0 Å². The normalized spacial score (nSPS) is 14.1. The number of anilines is 1. The van der Waals surface area contributed by atoms with Crippen molar-refractivity contribution in [1.29, 1.82) is 5.26 Å². The Bertz CT molecular complexity index is 1510. The van der Waals surface area contributed by atoms with E-state index >= 15 is 0 Å². The van der Waals surface area contributed by atoms with Crippen molar-refractivity contribution in [3.05, 3.63) is 97.7 Å². The Morgan fingerprint density at radius 1 is 1.08 bits per heavy atom. The number of pyridine rings is 1. The minimum absolute atomic E-state index is 0.0734. The summed E-state index contributed by atoms with van der Waals surface area (Å²) in [4.78, 5) is 28.8. The van der Waals surface area contributed by atoms with E-state index in [2.05, 4.69) is 11.4 Å².